The predicted molar refractivity (Wildman–Crippen MR) is 104 cm³/mol. The number of ether oxygens (including phenoxy) is 1. The number of ketones is 1. The van der Waals surface area contributed by atoms with Gasteiger partial charge in [0.05, 0.1) is 17.7 Å². The van der Waals surface area contributed by atoms with E-state index in [-0.39, 0.29) is 17.7 Å². The Morgan fingerprint density at radius 3 is 2.42 bits per heavy atom. The Bertz CT molecular complexity index is 1010. The molecule has 164 valence electrons. The average molecular weight is 458 g/mol. The molecule has 2 aromatic carbocycles. The first-order valence-electron chi connectivity index (χ1n) is 9.01. The quantitative estimate of drug-likeness (QED) is 0.492. The van der Waals surface area contributed by atoms with Crippen molar-refractivity contribution in [2.75, 3.05) is 6.61 Å². The molecule has 2 aromatic rings. The van der Waals surface area contributed by atoms with Crippen molar-refractivity contribution in [2.45, 2.75) is 24.4 Å². The van der Waals surface area contributed by atoms with Crippen LogP contribution >= 0.6 is 11.6 Å². The van der Waals surface area contributed by atoms with Gasteiger partial charge in [0.15, 0.2) is 5.78 Å². The third-order valence-corrected chi connectivity index (χ3v) is 4.81. The average Bonchev–Trinajstić information content (AvgIpc) is 3.56. The molecule has 0 radical (unpaired) electrons. The summed E-state index contributed by atoms with van der Waals surface area (Å²) in [6.45, 7) is 0.0439. The van der Waals surface area contributed by atoms with E-state index in [0.29, 0.717) is 17.7 Å². The van der Waals surface area contributed by atoms with Crippen LogP contribution in [0.3, 0.4) is 0 Å². The maximum Gasteiger partial charge on any atom is 0.417 e. The van der Waals surface area contributed by atoms with Crippen molar-refractivity contribution < 1.29 is 37.0 Å². The summed E-state index contributed by atoms with van der Waals surface area (Å²) in [6.07, 6.45) is -6.34. The molecule has 2 N–H and O–H groups in total. The van der Waals surface area contributed by atoms with E-state index in [1.807, 2.05) is 0 Å². The second kappa shape index (κ2) is 9.17. The van der Waals surface area contributed by atoms with E-state index in [2.05, 4.69) is 5.32 Å². The number of epoxide rings is 1. The molecule has 3 rings (SSSR count). The van der Waals surface area contributed by atoms with Crippen LogP contribution in [0, 0.1) is 5.82 Å². The molecule has 31 heavy (non-hydrogen) atoms. The molecule has 1 aliphatic rings. The Balaban J connectivity index is 1.90. The third kappa shape index (κ3) is 5.69. The van der Waals surface area contributed by atoms with Gasteiger partial charge in [0, 0.05) is 5.03 Å². The van der Waals surface area contributed by atoms with Gasteiger partial charge in [-0.25, -0.2) is 4.39 Å². The summed E-state index contributed by atoms with van der Waals surface area (Å²) in [5, 5.41) is 12.4. The first-order valence-corrected chi connectivity index (χ1v) is 9.39. The maximum atomic E-state index is 13.3. The van der Waals surface area contributed by atoms with Crippen molar-refractivity contribution in [3.8, 4) is 0 Å². The number of hydrogen-bond acceptors (Lipinski definition) is 4. The van der Waals surface area contributed by atoms with E-state index in [4.69, 9.17) is 16.3 Å². The summed E-state index contributed by atoms with van der Waals surface area (Å²) in [4.78, 5) is 25.1. The number of aliphatic hydroxyl groups excluding tert-OH is 1. The van der Waals surface area contributed by atoms with E-state index < -0.39 is 53.1 Å². The molecule has 0 saturated carbocycles. The Labute approximate surface area is 179 Å². The fourth-order valence-corrected chi connectivity index (χ4v) is 3.09. The first-order chi connectivity index (χ1) is 14.6. The zero-order chi connectivity index (χ0) is 22.8. The van der Waals surface area contributed by atoms with Gasteiger partial charge in [-0.15, -0.1) is 0 Å². The van der Waals surface area contributed by atoms with Crippen molar-refractivity contribution >= 4 is 29.4 Å². The Hall–Kier alpha value is -2.75. The molecule has 0 spiro atoms. The molecule has 0 aromatic heterocycles. The highest BCUT2D eigenvalue weighted by atomic mass is 35.5. The van der Waals surface area contributed by atoms with E-state index in [9.17, 15) is 32.3 Å². The van der Waals surface area contributed by atoms with Crippen LogP contribution in [0.25, 0.3) is 6.08 Å². The number of aliphatic hydroxyl groups is 1. The lowest BCUT2D eigenvalue weighted by atomic mass is 10.00. The number of alkyl halides is 3. The lowest BCUT2D eigenvalue weighted by Gasteiger charge is -2.23. The Morgan fingerprint density at radius 2 is 1.84 bits per heavy atom. The van der Waals surface area contributed by atoms with Crippen molar-refractivity contribution in [3.63, 3.8) is 0 Å². The highest BCUT2D eigenvalue weighted by molar-refractivity contribution is 6.32. The second-order valence-corrected chi connectivity index (χ2v) is 7.18. The van der Waals surface area contributed by atoms with Gasteiger partial charge in [0.1, 0.15) is 24.1 Å². The van der Waals surface area contributed by atoms with Gasteiger partial charge in [-0.1, -0.05) is 41.9 Å². The first kappa shape index (κ1) is 22.9. The van der Waals surface area contributed by atoms with Crippen LogP contribution in [0.5, 0.6) is 0 Å². The van der Waals surface area contributed by atoms with Crippen LogP contribution in [0.4, 0.5) is 17.6 Å². The van der Waals surface area contributed by atoms with Crippen LogP contribution in [-0.2, 0) is 15.7 Å². The van der Waals surface area contributed by atoms with Crippen molar-refractivity contribution in [3.05, 3.63) is 76.1 Å². The van der Waals surface area contributed by atoms with Gasteiger partial charge in [-0.3, -0.25) is 9.59 Å². The zero-order valence-corrected chi connectivity index (χ0v) is 16.5. The van der Waals surface area contributed by atoms with Crippen LogP contribution in [0.15, 0.2) is 53.6 Å². The molecule has 1 heterocycles. The highest BCUT2D eigenvalue weighted by Crippen LogP contribution is 2.33. The number of carbonyl (C=O) groups is 2. The summed E-state index contributed by atoms with van der Waals surface area (Å²) in [6, 6.07) is 8.33. The van der Waals surface area contributed by atoms with Gasteiger partial charge in [0.2, 0.25) is 0 Å². The van der Waals surface area contributed by atoms with Crippen LogP contribution in [0.1, 0.15) is 21.5 Å². The number of hydrogen-bond donors (Lipinski definition) is 2. The van der Waals surface area contributed by atoms with Crippen molar-refractivity contribution in [1.29, 1.82) is 0 Å². The number of benzene rings is 2. The van der Waals surface area contributed by atoms with Gasteiger partial charge < -0.3 is 15.2 Å². The minimum absolute atomic E-state index is 0.0439. The lowest BCUT2D eigenvalue weighted by molar-refractivity contribution is -0.138. The van der Waals surface area contributed by atoms with Crippen molar-refractivity contribution in [1.82, 2.24) is 5.32 Å². The molecule has 10 heteroatoms. The Kier molecular flexibility index (Phi) is 6.78. The fourth-order valence-electron chi connectivity index (χ4n) is 2.84. The second-order valence-electron chi connectivity index (χ2n) is 6.75. The molecule has 5 nitrogen and oxygen atoms in total. The third-order valence-electron chi connectivity index (χ3n) is 4.48. The monoisotopic (exact) mass is 457 g/mol. The molecule has 1 aliphatic heterocycles. The standard InChI is InChI=1S/C21H16ClF4NO4/c22-15(8-11-4-2-1-3-5-11)18(28)17(19(29)16-10-31-16)27-20(30)13-7-6-12(23)9-14(13)21(24,25)26/h1-9,16-18,28H,10H2,(H,27,30)/b15-8-. The van der Waals surface area contributed by atoms with Gasteiger partial charge in [0.25, 0.3) is 5.91 Å². The fraction of sp³-hybridized carbons (Fsp3) is 0.238. The van der Waals surface area contributed by atoms with Gasteiger partial charge in [-0.05, 0) is 29.8 Å². The largest absolute Gasteiger partial charge is 0.417 e. The van der Waals surface area contributed by atoms with E-state index in [0.717, 1.165) is 0 Å². The number of Topliss-reactive ketones (excluding diaryl/α,β-unsaturated/α-hetero) is 1. The van der Waals surface area contributed by atoms with Crippen LogP contribution < -0.4 is 5.32 Å². The summed E-state index contributed by atoms with van der Waals surface area (Å²) in [5.74, 6) is -3.26. The summed E-state index contributed by atoms with van der Waals surface area (Å²) in [5.41, 5.74) is -1.83. The van der Waals surface area contributed by atoms with Crippen molar-refractivity contribution in [2.24, 2.45) is 0 Å². The van der Waals surface area contributed by atoms with E-state index in [1.165, 1.54) is 6.08 Å². The summed E-state index contributed by atoms with van der Waals surface area (Å²) >= 11 is 6.12. The van der Waals surface area contributed by atoms with Gasteiger partial charge >= 0.3 is 6.18 Å². The zero-order valence-electron chi connectivity index (χ0n) is 15.7. The summed E-state index contributed by atoms with van der Waals surface area (Å²) in [7, 11) is 0. The number of halogens is 5. The topological polar surface area (TPSA) is 78.9 Å². The van der Waals surface area contributed by atoms with Crippen LogP contribution in [-0.4, -0.2) is 41.7 Å². The smallest absolute Gasteiger partial charge is 0.385 e. The molecule has 0 aliphatic carbocycles. The van der Waals surface area contributed by atoms with E-state index in [1.54, 1.807) is 30.3 Å². The Morgan fingerprint density at radius 1 is 1.19 bits per heavy atom. The molecule has 3 atom stereocenters. The molecule has 1 amide bonds. The lowest BCUT2D eigenvalue weighted by Crippen LogP contribution is -2.51. The van der Waals surface area contributed by atoms with Gasteiger partial charge in [-0.2, -0.15) is 13.2 Å². The maximum absolute atomic E-state index is 13.3. The minimum Gasteiger partial charge on any atom is -0.385 e. The summed E-state index contributed by atoms with van der Waals surface area (Å²) < 4.78 is 57.9. The minimum atomic E-state index is -5.02. The molecule has 0 bridgehead atoms. The number of nitrogens with one attached hydrogen (secondary N) is 1. The molecular weight excluding hydrogens is 442 g/mol. The molecule has 1 fully saturated rings. The molecule has 3 unspecified atom stereocenters. The number of amides is 1. The normalized spacial score (nSPS) is 18.3. The van der Waals surface area contributed by atoms with Crippen LogP contribution in [0.2, 0.25) is 0 Å². The number of rotatable bonds is 7. The highest BCUT2D eigenvalue weighted by Gasteiger charge is 2.42. The number of carbonyl (C=O) groups excluding carboxylic acids is 2. The molecular formula is C21H16ClF4NO4. The molecule has 1 saturated heterocycles. The SMILES string of the molecule is O=C(NC(C(=O)C1CO1)C(O)/C(Cl)=C/c1ccccc1)c1ccc(F)cc1C(F)(F)F. The predicted octanol–water partition coefficient (Wildman–Crippen LogP) is 3.55. The van der Waals surface area contributed by atoms with E-state index >= 15 is 0 Å².